The molecule has 276 valence electrons. The van der Waals surface area contributed by atoms with Crippen LogP contribution in [0, 0.1) is 5.82 Å². The van der Waals surface area contributed by atoms with Crippen molar-refractivity contribution in [2.75, 3.05) is 33.2 Å². The number of aromatic nitrogens is 2. The van der Waals surface area contributed by atoms with Gasteiger partial charge in [0.15, 0.2) is 5.03 Å². The number of halogens is 1. The number of hydrogen-bond acceptors (Lipinski definition) is 9. The number of likely N-dealkylation sites (N-methyl/N-ethyl adjacent to an activating group) is 1. The minimum absolute atomic E-state index is 0.000708. The van der Waals surface area contributed by atoms with E-state index in [0.29, 0.717) is 32.7 Å². The highest BCUT2D eigenvalue weighted by molar-refractivity contribution is 7.89. The molecule has 6 aromatic rings. The lowest BCUT2D eigenvalue weighted by Gasteiger charge is -2.38. The van der Waals surface area contributed by atoms with E-state index in [9.17, 15) is 30.8 Å². The molecule has 2 amide bonds. The Morgan fingerprint density at radius 3 is 1.87 bits per heavy atom. The van der Waals surface area contributed by atoms with E-state index in [0.717, 1.165) is 4.31 Å². The van der Waals surface area contributed by atoms with Gasteiger partial charge in [0.05, 0.1) is 0 Å². The summed E-state index contributed by atoms with van der Waals surface area (Å²) in [6.45, 7) is 0.634. The van der Waals surface area contributed by atoms with Crippen LogP contribution in [0.25, 0.3) is 21.5 Å². The van der Waals surface area contributed by atoms with Gasteiger partial charge in [0.1, 0.15) is 17.6 Å². The van der Waals surface area contributed by atoms with Crippen molar-refractivity contribution in [3.05, 3.63) is 139 Å². The number of piperazine rings is 1. The Bertz CT molecular complexity index is 2570. The molecule has 7 rings (SSSR count). The van der Waals surface area contributed by atoms with Crippen LogP contribution in [0.3, 0.4) is 0 Å². The number of benzene rings is 4. The number of fused-ring (bicyclic) bond motifs is 2. The molecule has 0 bridgehead atoms. The van der Waals surface area contributed by atoms with Crippen LogP contribution in [-0.2, 0) is 31.4 Å². The largest absolute Gasteiger partial charge is 0.378 e. The van der Waals surface area contributed by atoms with Gasteiger partial charge in [0, 0.05) is 62.0 Å². The second kappa shape index (κ2) is 14.9. The molecular weight excluding hydrogens is 734 g/mol. The smallest absolute Gasteiger partial charge is 0.357 e. The molecule has 0 unspecified atom stereocenters. The van der Waals surface area contributed by atoms with Gasteiger partial charge in [-0.2, -0.15) is 12.7 Å². The van der Waals surface area contributed by atoms with E-state index in [-0.39, 0.29) is 54.3 Å². The van der Waals surface area contributed by atoms with Crippen LogP contribution in [0.4, 0.5) is 4.39 Å². The molecule has 2 aromatic heterocycles. The molecule has 1 aliphatic heterocycles. The summed E-state index contributed by atoms with van der Waals surface area (Å²) in [6.07, 6.45) is 2.71. The third-order valence-electron chi connectivity index (χ3n) is 9.39. The van der Waals surface area contributed by atoms with Gasteiger partial charge in [-0.25, -0.2) is 22.8 Å². The van der Waals surface area contributed by atoms with E-state index in [4.69, 9.17) is 4.18 Å². The van der Waals surface area contributed by atoms with Crippen molar-refractivity contribution < 1.29 is 35.0 Å². The second-order valence-corrected chi connectivity index (χ2v) is 16.1. The van der Waals surface area contributed by atoms with E-state index in [1.54, 1.807) is 77.7 Å². The quantitative estimate of drug-likeness (QED) is 0.178. The summed E-state index contributed by atoms with van der Waals surface area (Å²) in [6, 6.07) is 27.2. The standard InChI is InChI=1S/C39H34FN5O7S2/c1-43(53(48,49)36-33-8-4-2-6-28(33)18-20-41-36)35(39(47)45-24-22-44(23-25-45)38(46)30-12-14-31(40)15-13-30)26-27-10-16-32(17-11-27)52-54(50,51)37-34-9-5-3-7-29(34)19-21-42-37/h2-21,35H,22-26H2,1H3/t35-/m0/s1. The van der Waals surface area contributed by atoms with E-state index < -0.39 is 37.9 Å². The molecule has 54 heavy (non-hydrogen) atoms. The summed E-state index contributed by atoms with van der Waals surface area (Å²) in [5, 5.41) is 1.71. The normalized spacial score (nSPS) is 14.4. The number of amides is 2. The Hall–Kier alpha value is -5.77. The average molecular weight is 768 g/mol. The molecule has 12 nitrogen and oxygen atoms in total. The van der Waals surface area contributed by atoms with Gasteiger partial charge in [0.2, 0.25) is 10.9 Å². The van der Waals surface area contributed by atoms with Crippen molar-refractivity contribution in [3.63, 3.8) is 0 Å². The molecule has 0 spiro atoms. The minimum Gasteiger partial charge on any atom is -0.378 e. The SMILES string of the molecule is CN([C@@H](Cc1ccc(OS(=O)(=O)c2nccc3ccccc23)cc1)C(=O)N1CCN(C(=O)c2ccc(F)cc2)CC1)S(=O)(=O)c1nccc2ccccc12. The van der Waals surface area contributed by atoms with E-state index in [1.807, 2.05) is 0 Å². The Labute approximate surface area is 311 Å². The maximum atomic E-state index is 14.3. The van der Waals surface area contributed by atoms with Gasteiger partial charge in [-0.3, -0.25) is 9.59 Å². The topological polar surface area (TPSA) is 147 Å². The van der Waals surface area contributed by atoms with Gasteiger partial charge < -0.3 is 14.0 Å². The van der Waals surface area contributed by atoms with Crippen molar-refractivity contribution in [1.82, 2.24) is 24.1 Å². The van der Waals surface area contributed by atoms with Gasteiger partial charge >= 0.3 is 10.1 Å². The summed E-state index contributed by atoms with van der Waals surface area (Å²) in [7, 11) is -7.34. The molecule has 0 radical (unpaired) electrons. The number of pyridine rings is 2. The van der Waals surface area contributed by atoms with Crippen LogP contribution in [0.2, 0.25) is 0 Å². The van der Waals surface area contributed by atoms with Crippen LogP contribution in [-0.4, -0.2) is 92.0 Å². The van der Waals surface area contributed by atoms with Crippen LogP contribution in [0.1, 0.15) is 15.9 Å². The number of nitrogens with zero attached hydrogens (tertiary/aromatic N) is 5. The van der Waals surface area contributed by atoms with E-state index in [2.05, 4.69) is 9.97 Å². The third-order valence-corrected chi connectivity index (χ3v) is 12.4. The summed E-state index contributed by atoms with van der Waals surface area (Å²) in [5.41, 5.74) is 0.843. The number of carbonyl (C=O) groups is 2. The van der Waals surface area contributed by atoms with Crippen LogP contribution in [0.5, 0.6) is 5.75 Å². The monoisotopic (exact) mass is 767 g/mol. The fourth-order valence-corrected chi connectivity index (χ4v) is 8.97. The molecule has 0 saturated carbocycles. The van der Waals surface area contributed by atoms with Crippen molar-refractivity contribution in [2.45, 2.75) is 22.5 Å². The fraction of sp³-hybridized carbons (Fsp3) is 0.179. The Morgan fingerprint density at radius 1 is 0.722 bits per heavy atom. The molecule has 3 heterocycles. The molecule has 0 N–H and O–H groups in total. The molecule has 1 aliphatic rings. The Balaban J connectivity index is 1.14. The predicted molar refractivity (Wildman–Crippen MR) is 199 cm³/mol. The molecule has 1 atom stereocenters. The first-order valence-electron chi connectivity index (χ1n) is 16.9. The lowest BCUT2D eigenvalue weighted by molar-refractivity contribution is -0.136. The first-order valence-corrected chi connectivity index (χ1v) is 19.8. The number of rotatable bonds is 10. The molecule has 15 heteroatoms. The molecule has 4 aromatic carbocycles. The van der Waals surface area contributed by atoms with Crippen LogP contribution in [0.15, 0.2) is 132 Å². The predicted octanol–water partition coefficient (Wildman–Crippen LogP) is 4.91. The maximum absolute atomic E-state index is 14.3. The van der Waals surface area contributed by atoms with Gasteiger partial charge in [-0.05, 0) is 71.3 Å². The summed E-state index contributed by atoms with van der Waals surface area (Å²) >= 11 is 0. The van der Waals surface area contributed by atoms with Gasteiger partial charge in [-0.15, -0.1) is 0 Å². The van der Waals surface area contributed by atoms with Crippen LogP contribution < -0.4 is 4.18 Å². The minimum atomic E-state index is -4.34. The third kappa shape index (κ3) is 7.38. The molecule has 1 saturated heterocycles. The van der Waals surface area contributed by atoms with Crippen molar-refractivity contribution in [1.29, 1.82) is 0 Å². The fourth-order valence-electron chi connectivity index (χ4n) is 6.45. The zero-order valence-corrected chi connectivity index (χ0v) is 30.6. The molecule has 1 fully saturated rings. The van der Waals surface area contributed by atoms with Gasteiger partial charge in [0.25, 0.3) is 15.9 Å². The highest BCUT2D eigenvalue weighted by atomic mass is 32.2. The van der Waals surface area contributed by atoms with Crippen LogP contribution >= 0.6 is 0 Å². The first-order chi connectivity index (χ1) is 25.9. The lowest BCUT2D eigenvalue weighted by atomic mass is 10.0. The zero-order valence-electron chi connectivity index (χ0n) is 28.9. The lowest BCUT2D eigenvalue weighted by Crippen LogP contribution is -2.56. The van der Waals surface area contributed by atoms with Crippen molar-refractivity contribution in [2.24, 2.45) is 0 Å². The number of hydrogen-bond donors (Lipinski definition) is 0. The van der Waals surface area contributed by atoms with Gasteiger partial charge in [-0.1, -0.05) is 60.7 Å². The highest BCUT2D eigenvalue weighted by Gasteiger charge is 2.38. The average Bonchev–Trinajstić information content (AvgIpc) is 3.19. The molecular formula is C39H34FN5O7S2. The Kier molecular flexibility index (Phi) is 10.1. The summed E-state index contributed by atoms with van der Waals surface area (Å²) in [4.78, 5) is 38.8. The Morgan fingerprint density at radius 2 is 1.26 bits per heavy atom. The summed E-state index contributed by atoms with van der Waals surface area (Å²) in [5.74, 6) is -1.25. The second-order valence-electron chi connectivity index (χ2n) is 12.7. The highest BCUT2D eigenvalue weighted by Crippen LogP contribution is 2.28. The van der Waals surface area contributed by atoms with E-state index >= 15 is 0 Å². The van der Waals surface area contributed by atoms with Crippen molar-refractivity contribution >= 4 is 53.5 Å². The van der Waals surface area contributed by atoms with Crippen molar-refractivity contribution in [3.8, 4) is 5.75 Å². The molecule has 0 aliphatic carbocycles. The first kappa shape index (κ1) is 36.6. The summed E-state index contributed by atoms with van der Waals surface area (Å²) < 4.78 is 74.9. The maximum Gasteiger partial charge on any atom is 0.357 e. The number of carbonyl (C=O) groups excluding carboxylic acids is 2. The zero-order chi connectivity index (χ0) is 38.0. The van der Waals surface area contributed by atoms with E-state index in [1.165, 1.54) is 60.7 Å². The number of sulfonamides is 1.